The van der Waals surface area contributed by atoms with E-state index in [2.05, 4.69) is 15.6 Å². The van der Waals surface area contributed by atoms with E-state index < -0.39 is 29.9 Å². The van der Waals surface area contributed by atoms with E-state index in [1.165, 1.54) is 17.3 Å². The monoisotopic (exact) mass is 398 g/mol. The van der Waals surface area contributed by atoms with Crippen molar-refractivity contribution in [2.24, 2.45) is 0 Å². The molecule has 1 atom stereocenters. The number of aromatic nitrogens is 1. The fraction of sp³-hybridized carbons (Fsp3) is 0.300. The van der Waals surface area contributed by atoms with Gasteiger partial charge in [-0.2, -0.15) is 0 Å². The van der Waals surface area contributed by atoms with Crippen LogP contribution in [-0.4, -0.2) is 34.3 Å². The van der Waals surface area contributed by atoms with Crippen molar-refractivity contribution in [1.29, 1.82) is 0 Å². The first kappa shape index (κ1) is 18.4. The minimum Gasteiger partial charge on any atom is -0.319 e. The quantitative estimate of drug-likeness (QED) is 0.774. The summed E-state index contributed by atoms with van der Waals surface area (Å²) in [7, 11) is 0. The van der Waals surface area contributed by atoms with Crippen molar-refractivity contribution >= 4 is 35.3 Å². The Labute approximate surface area is 167 Å². The minimum atomic E-state index is -1.19. The van der Waals surface area contributed by atoms with Crippen LogP contribution < -0.4 is 10.6 Å². The summed E-state index contributed by atoms with van der Waals surface area (Å²) in [5.74, 6) is -0.672. The molecule has 0 spiro atoms. The number of aryl methyl sites for hydroxylation is 2. The molecular weight excluding hydrogens is 380 g/mol. The number of carbonyl (C=O) groups is 3. The fourth-order valence-electron chi connectivity index (χ4n) is 3.69. The Balaban J connectivity index is 1.50. The number of anilines is 1. The number of halogens is 1. The smallest absolute Gasteiger partial charge is 0.319 e. The molecule has 4 amide bonds. The topological polar surface area (TPSA) is 91.4 Å². The predicted octanol–water partition coefficient (Wildman–Crippen LogP) is 2.63. The molecule has 28 heavy (non-hydrogen) atoms. The third kappa shape index (κ3) is 3.22. The van der Waals surface area contributed by atoms with Gasteiger partial charge in [0, 0.05) is 6.20 Å². The van der Waals surface area contributed by atoms with Gasteiger partial charge in [-0.3, -0.25) is 14.5 Å². The Morgan fingerprint density at radius 3 is 2.79 bits per heavy atom. The van der Waals surface area contributed by atoms with Crippen molar-refractivity contribution in [3.8, 4) is 0 Å². The van der Waals surface area contributed by atoms with Gasteiger partial charge in [0.1, 0.15) is 17.9 Å². The van der Waals surface area contributed by atoms with E-state index in [-0.39, 0.29) is 0 Å². The van der Waals surface area contributed by atoms with E-state index in [0.717, 1.165) is 29.7 Å². The van der Waals surface area contributed by atoms with Crippen LogP contribution in [0.4, 0.5) is 10.6 Å². The zero-order valence-corrected chi connectivity index (χ0v) is 16.0. The maximum absolute atomic E-state index is 13.0. The van der Waals surface area contributed by atoms with Crippen LogP contribution >= 0.6 is 11.6 Å². The van der Waals surface area contributed by atoms with Crippen LogP contribution in [0, 0.1) is 0 Å². The molecule has 1 unspecified atom stereocenters. The maximum atomic E-state index is 13.0. The molecule has 144 valence electrons. The number of rotatable bonds is 4. The summed E-state index contributed by atoms with van der Waals surface area (Å²) in [4.78, 5) is 42.6. The molecule has 8 heteroatoms. The second kappa shape index (κ2) is 6.91. The number of nitrogens with zero attached hydrogens (tertiary/aromatic N) is 2. The molecule has 1 aromatic heterocycles. The molecule has 2 N–H and O–H groups in total. The van der Waals surface area contributed by atoms with Gasteiger partial charge >= 0.3 is 6.03 Å². The van der Waals surface area contributed by atoms with E-state index >= 15 is 0 Å². The summed E-state index contributed by atoms with van der Waals surface area (Å²) >= 11 is 5.77. The van der Waals surface area contributed by atoms with Gasteiger partial charge in [0.2, 0.25) is 5.91 Å². The van der Waals surface area contributed by atoms with Crippen LogP contribution in [0.2, 0.25) is 5.02 Å². The van der Waals surface area contributed by atoms with Gasteiger partial charge in [-0.25, -0.2) is 9.78 Å². The zero-order valence-electron chi connectivity index (χ0n) is 15.3. The SMILES string of the molecule is CC1(c2ccc3c(c2)CCC3)NC(=O)N(CC(=O)Nc2ccc(Cl)cn2)C1=O. The van der Waals surface area contributed by atoms with Gasteiger partial charge in [-0.15, -0.1) is 0 Å². The number of pyridine rings is 1. The minimum absolute atomic E-state index is 0.294. The zero-order chi connectivity index (χ0) is 19.9. The van der Waals surface area contributed by atoms with Gasteiger partial charge in [0.15, 0.2) is 0 Å². The first-order valence-corrected chi connectivity index (χ1v) is 9.42. The van der Waals surface area contributed by atoms with Crippen molar-refractivity contribution in [2.75, 3.05) is 11.9 Å². The second-order valence-electron chi connectivity index (χ2n) is 7.19. The molecular formula is C20H19ClN4O3. The van der Waals surface area contributed by atoms with Crippen molar-refractivity contribution in [3.63, 3.8) is 0 Å². The summed E-state index contributed by atoms with van der Waals surface area (Å²) < 4.78 is 0. The van der Waals surface area contributed by atoms with Crippen molar-refractivity contribution in [1.82, 2.24) is 15.2 Å². The standard InChI is InChI=1S/C20H19ClN4O3/c1-20(14-6-5-12-3-2-4-13(12)9-14)18(27)25(19(28)24-20)11-17(26)23-16-8-7-15(21)10-22-16/h5-10H,2-4,11H2,1H3,(H,24,28)(H,22,23,26). The Kier molecular flexibility index (Phi) is 4.55. The highest BCUT2D eigenvalue weighted by atomic mass is 35.5. The Morgan fingerprint density at radius 1 is 1.25 bits per heavy atom. The second-order valence-corrected chi connectivity index (χ2v) is 7.63. The number of hydrogen-bond acceptors (Lipinski definition) is 4. The molecule has 0 saturated carbocycles. The molecule has 4 rings (SSSR count). The number of hydrogen-bond donors (Lipinski definition) is 2. The van der Waals surface area contributed by atoms with Crippen LogP contribution in [0.5, 0.6) is 0 Å². The molecule has 0 bridgehead atoms. The molecule has 2 aromatic rings. The number of nitrogens with one attached hydrogen (secondary N) is 2. The third-order valence-electron chi connectivity index (χ3n) is 5.25. The molecule has 0 radical (unpaired) electrons. The Morgan fingerprint density at radius 2 is 2.04 bits per heavy atom. The van der Waals surface area contributed by atoms with Crippen molar-refractivity contribution in [2.45, 2.75) is 31.7 Å². The normalized spacial score (nSPS) is 20.9. The van der Waals surface area contributed by atoms with Crippen LogP contribution in [-0.2, 0) is 28.0 Å². The molecule has 7 nitrogen and oxygen atoms in total. The number of imide groups is 1. The predicted molar refractivity (Wildman–Crippen MR) is 104 cm³/mol. The van der Waals surface area contributed by atoms with Gasteiger partial charge in [0.05, 0.1) is 5.02 Å². The molecule has 1 aromatic carbocycles. The van der Waals surface area contributed by atoms with Gasteiger partial charge in [-0.1, -0.05) is 29.8 Å². The fourth-order valence-corrected chi connectivity index (χ4v) is 3.81. The molecule has 1 aliphatic heterocycles. The summed E-state index contributed by atoms with van der Waals surface area (Å²) in [5, 5.41) is 5.74. The highest BCUT2D eigenvalue weighted by Gasteiger charge is 2.49. The molecule has 1 saturated heterocycles. The molecule has 1 fully saturated rings. The van der Waals surface area contributed by atoms with Gasteiger partial charge < -0.3 is 10.6 Å². The molecule has 1 aliphatic carbocycles. The lowest BCUT2D eigenvalue weighted by atomic mass is 9.89. The van der Waals surface area contributed by atoms with Crippen molar-refractivity contribution < 1.29 is 14.4 Å². The summed E-state index contributed by atoms with van der Waals surface area (Å²) in [5.41, 5.74) is 2.04. The van der Waals surface area contributed by atoms with E-state index in [9.17, 15) is 14.4 Å². The lowest BCUT2D eigenvalue weighted by Crippen LogP contribution is -2.42. The molecule has 2 heterocycles. The highest BCUT2D eigenvalue weighted by molar-refractivity contribution is 6.30. The van der Waals surface area contributed by atoms with E-state index in [0.29, 0.717) is 10.8 Å². The van der Waals surface area contributed by atoms with Gasteiger partial charge in [-0.05, 0) is 55.0 Å². The summed E-state index contributed by atoms with van der Waals surface area (Å²) in [6.45, 7) is 1.28. The van der Waals surface area contributed by atoms with Crippen LogP contribution in [0.3, 0.4) is 0 Å². The van der Waals surface area contributed by atoms with Gasteiger partial charge in [0.25, 0.3) is 5.91 Å². The summed E-state index contributed by atoms with van der Waals surface area (Å²) in [6, 6.07) is 8.42. The number of amides is 4. The summed E-state index contributed by atoms with van der Waals surface area (Å²) in [6.07, 6.45) is 4.51. The van der Waals surface area contributed by atoms with E-state index in [1.54, 1.807) is 19.1 Å². The number of carbonyl (C=O) groups excluding carboxylic acids is 3. The van der Waals surface area contributed by atoms with Crippen LogP contribution in [0.25, 0.3) is 0 Å². The average molecular weight is 399 g/mol. The maximum Gasteiger partial charge on any atom is 0.325 e. The first-order valence-electron chi connectivity index (χ1n) is 9.04. The first-order chi connectivity index (χ1) is 13.4. The molecule has 2 aliphatic rings. The largest absolute Gasteiger partial charge is 0.325 e. The van der Waals surface area contributed by atoms with Crippen LogP contribution in [0.15, 0.2) is 36.5 Å². The van der Waals surface area contributed by atoms with E-state index in [4.69, 9.17) is 11.6 Å². The third-order valence-corrected chi connectivity index (χ3v) is 5.47. The lowest BCUT2D eigenvalue weighted by Gasteiger charge is -2.23. The Bertz CT molecular complexity index is 976. The number of benzene rings is 1. The van der Waals surface area contributed by atoms with Crippen molar-refractivity contribution in [3.05, 3.63) is 58.2 Å². The van der Waals surface area contributed by atoms with Crippen LogP contribution in [0.1, 0.15) is 30.0 Å². The highest BCUT2D eigenvalue weighted by Crippen LogP contribution is 2.32. The lowest BCUT2D eigenvalue weighted by molar-refractivity contribution is -0.133. The average Bonchev–Trinajstić information content (AvgIpc) is 3.22. The van der Waals surface area contributed by atoms with E-state index in [1.807, 2.05) is 18.2 Å². The number of fused-ring (bicyclic) bond motifs is 1. The Hall–Kier alpha value is -2.93. The number of urea groups is 1.